The number of hydrogen-bond acceptors (Lipinski definition) is 3. The number of hydrogen-bond donors (Lipinski definition) is 2. The van der Waals surface area contributed by atoms with Crippen LogP contribution in [0.3, 0.4) is 0 Å². The summed E-state index contributed by atoms with van der Waals surface area (Å²) in [4.78, 5) is 0. The number of rotatable bonds is 6. The molecule has 2 atom stereocenters. The number of halogens is 1. The zero-order valence-electron chi connectivity index (χ0n) is 10.7. The van der Waals surface area contributed by atoms with Crippen LogP contribution in [-0.2, 0) is 4.74 Å². The molecule has 0 bridgehead atoms. The van der Waals surface area contributed by atoms with E-state index in [1.54, 1.807) is 7.11 Å². The molecule has 4 heteroatoms. The molecule has 1 aromatic rings. The fourth-order valence-electron chi connectivity index (χ4n) is 1.83. The normalized spacial score (nSPS) is 14.6. The van der Waals surface area contributed by atoms with Gasteiger partial charge in [-0.25, -0.2) is 4.39 Å². The topological polar surface area (TPSA) is 47.3 Å². The highest BCUT2D eigenvalue weighted by molar-refractivity contribution is 5.26. The van der Waals surface area contributed by atoms with Gasteiger partial charge >= 0.3 is 0 Å². The van der Waals surface area contributed by atoms with Crippen LogP contribution in [0, 0.1) is 12.7 Å². The van der Waals surface area contributed by atoms with Gasteiger partial charge in [-0.05, 0) is 49.9 Å². The molecule has 0 aromatic heterocycles. The van der Waals surface area contributed by atoms with Gasteiger partial charge in [-0.2, -0.15) is 0 Å². The first-order chi connectivity index (χ1) is 8.06. The van der Waals surface area contributed by atoms with E-state index in [-0.39, 0.29) is 18.0 Å². The first-order valence-electron chi connectivity index (χ1n) is 5.82. The Labute approximate surface area is 102 Å². The number of ether oxygens (including phenoxy) is 1. The van der Waals surface area contributed by atoms with E-state index in [1.807, 2.05) is 19.9 Å². The number of aryl methyl sites for hydroxylation is 1. The maximum atomic E-state index is 13.3. The van der Waals surface area contributed by atoms with Crippen molar-refractivity contribution in [2.75, 3.05) is 7.11 Å². The number of nitrogens with two attached hydrogens (primary N) is 1. The third kappa shape index (κ3) is 4.42. The van der Waals surface area contributed by atoms with Gasteiger partial charge in [-0.15, -0.1) is 0 Å². The lowest BCUT2D eigenvalue weighted by molar-refractivity contribution is 0.106. The SMILES string of the molecule is COC(C)CCC(NN)c1cc(C)cc(F)c1. The number of nitrogens with one attached hydrogen (secondary N) is 1. The van der Waals surface area contributed by atoms with Gasteiger partial charge in [0.2, 0.25) is 0 Å². The van der Waals surface area contributed by atoms with Gasteiger partial charge in [0.25, 0.3) is 0 Å². The lowest BCUT2D eigenvalue weighted by atomic mass is 9.99. The van der Waals surface area contributed by atoms with Crippen LogP contribution in [-0.4, -0.2) is 13.2 Å². The van der Waals surface area contributed by atoms with Crippen molar-refractivity contribution in [3.8, 4) is 0 Å². The van der Waals surface area contributed by atoms with Crippen molar-refractivity contribution in [3.05, 3.63) is 35.1 Å². The third-order valence-corrected chi connectivity index (χ3v) is 2.93. The predicted octanol–water partition coefficient (Wildman–Crippen LogP) is 2.45. The van der Waals surface area contributed by atoms with Crippen molar-refractivity contribution in [2.45, 2.75) is 38.8 Å². The van der Waals surface area contributed by atoms with E-state index >= 15 is 0 Å². The summed E-state index contributed by atoms with van der Waals surface area (Å²) in [6.07, 6.45) is 1.87. The summed E-state index contributed by atoms with van der Waals surface area (Å²) < 4.78 is 18.5. The van der Waals surface area contributed by atoms with Crippen molar-refractivity contribution < 1.29 is 9.13 Å². The second kappa shape index (κ2) is 6.69. The second-order valence-corrected chi connectivity index (χ2v) is 4.40. The van der Waals surface area contributed by atoms with Gasteiger partial charge in [0, 0.05) is 13.2 Å². The van der Waals surface area contributed by atoms with Gasteiger partial charge in [0.05, 0.1) is 6.10 Å². The molecule has 1 rings (SSSR count). The van der Waals surface area contributed by atoms with E-state index < -0.39 is 0 Å². The highest BCUT2D eigenvalue weighted by Gasteiger charge is 2.12. The average Bonchev–Trinajstić information content (AvgIpc) is 2.28. The molecule has 3 nitrogen and oxygen atoms in total. The fourth-order valence-corrected chi connectivity index (χ4v) is 1.83. The Hall–Kier alpha value is -0.970. The van der Waals surface area contributed by atoms with E-state index in [4.69, 9.17) is 10.6 Å². The highest BCUT2D eigenvalue weighted by atomic mass is 19.1. The minimum absolute atomic E-state index is 0.0398. The van der Waals surface area contributed by atoms with Gasteiger partial charge in [0.1, 0.15) is 5.82 Å². The Kier molecular flexibility index (Phi) is 5.55. The van der Waals surface area contributed by atoms with Crippen LogP contribution in [0.5, 0.6) is 0 Å². The summed E-state index contributed by atoms with van der Waals surface area (Å²) in [5.41, 5.74) is 4.52. The van der Waals surface area contributed by atoms with E-state index in [0.29, 0.717) is 0 Å². The first kappa shape index (κ1) is 14.1. The molecular formula is C13H21FN2O. The van der Waals surface area contributed by atoms with Crippen molar-refractivity contribution in [1.82, 2.24) is 5.43 Å². The Balaban J connectivity index is 2.72. The molecule has 0 amide bonds. The lowest BCUT2D eigenvalue weighted by Gasteiger charge is -2.19. The molecule has 0 aliphatic rings. The van der Waals surface area contributed by atoms with Crippen LogP contribution in [0.2, 0.25) is 0 Å². The molecular weight excluding hydrogens is 219 g/mol. The zero-order valence-corrected chi connectivity index (χ0v) is 10.7. The average molecular weight is 240 g/mol. The highest BCUT2D eigenvalue weighted by Crippen LogP contribution is 2.21. The van der Waals surface area contributed by atoms with E-state index in [0.717, 1.165) is 24.0 Å². The van der Waals surface area contributed by atoms with Crippen LogP contribution in [0.4, 0.5) is 4.39 Å². The quantitative estimate of drug-likeness (QED) is 0.593. The Morgan fingerprint density at radius 2 is 2.06 bits per heavy atom. The van der Waals surface area contributed by atoms with E-state index in [9.17, 15) is 4.39 Å². The van der Waals surface area contributed by atoms with E-state index in [2.05, 4.69) is 5.43 Å². The molecule has 0 fully saturated rings. The zero-order chi connectivity index (χ0) is 12.8. The van der Waals surface area contributed by atoms with Crippen LogP contribution in [0.25, 0.3) is 0 Å². The molecule has 1 aromatic carbocycles. The maximum absolute atomic E-state index is 13.3. The summed E-state index contributed by atoms with van der Waals surface area (Å²) in [6, 6.07) is 4.94. The number of hydrazine groups is 1. The largest absolute Gasteiger partial charge is 0.382 e. The second-order valence-electron chi connectivity index (χ2n) is 4.40. The molecule has 0 saturated heterocycles. The fraction of sp³-hybridized carbons (Fsp3) is 0.538. The van der Waals surface area contributed by atoms with Crippen LogP contribution in [0.1, 0.15) is 36.9 Å². The first-order valence-corrected chi connectivity index (χ1v) is 5.82. The van der Waals surface area contributed by atoms with Gasteiger partial charge in [0.15, 0.2) is 0 Å². The summed E-state index contributed by atoms with van der Waals surface area (Å²) in [7, 11) is 1.68. The standard InChI is InChI=1S/C13H21FN2O/c1-9-6-11(8-12(14)7-9)13(16-15)5-4-10(2)17-3/h6-8,10,13,16H,4-5,15H2,1-3H3. The Bertz CT molecular complexity index is 337. The molecule has 0 heterocycles. The van der Waals surface area contributed by atoms with Crippen molar-refractivity contribution >= 4 is 0 Å². The van der Waals surface area contributed by atoms with E-state index in [1.165, 1.54) is 12.1 Å². The minimum atomic E-state index is -0.222. The maximum Gasteiger partial charge on any atom is 0.123 e. The molecule has 0 aliphatic carbocycles. The molecule has 2 unspecified atom stereocenters. The number of methoxy groups -OCH3 is 1. The molecule has 0 aliphatic heterocycles. The van der Waals surface area contributed by atoms with Gasteiger partial charge in [-0.3, -0.25) is 11.3 Å². The molecule has 0 saturated carbocycles. The number of benzene rings is 1. The van der Waals surface area contributed by atoms with Gasteiger partial charge in [-0.1, -0.05) is 6.07 Å². The molecule has 96 valence electrons. The summed E-state index contributed by atoms with van der Waals surface area (Å²) >= 11 is 0. The smallest absolute Gasteiger partial charge is 0.123 e. The van der Waals surface area contributed by atoms with Crippen molar-refractivity contribution in [3.63, 3.8) is 0 Å². The molecule has 17 heavy (non-hydrogen) atoms. The Morgan fingerprint density at radius 1 is 1.35 bits per heavy atom. The Morgan fingerprint density at radius 3 is 2.59 bits per heavy atom. The van der Waals surface area contributed by atoms with Gasteiger partial charge < -0.3 is 4.74 Å². The monoisotopic (exact) mass is 240 g/mol. The molecule has 3 N–H and O–H groups in total. The van der Waals surface area contributed by atoms with Crippen molar-refractivity contribution in [2.24, 2.45) is 5.84 Å². The summed E-state index contributed by atoms with van der Waals surface area (Å²) in [6.45, 7) is 3.88. The summed E-state index contributed by atoms with van der Waals surface area (Å²) in [5.74, 6) is 5.30. The molecule has 0 spiro atoms. The minimum Gasteiger partial charge on any atom is -0.382 e. The van der Waals surface area contributed by atoms with Crippen LogP contribution in [0.15, 0.2) is 18.2 Å². The van der Waals surface area contributed by atoms with Crippen LogP contribution >= 0.6 is 0 Å². The third-order valence-electron chi connectivity index (χ3n) is 2.93. The molecule has 0 radical (unpaired) electrons. The van der Waals surface area contributed by atoms with Crippen molar-refractivity contribution in [1.29, 1.82) is 0 Å². The lowest BCUT2D eigenvalue weighted by Crippen LogP contribution is -2.29. The predicted molar refractivity (Wildman–Crippen MR) is 66.9 cm³/mol. The summed E-state index contributed by atoms with van der Waals surface area (Å²) in [5, 5.41) is 0. The van der Waals surface area contributed by atoms with Crippen LogP contribution < -0.4 is 11.3 Å².